The Morgan fingerprint density at radius 2 is 2.00 bits per heavy atom. The van der Waals surface area contributed by atoms with Gasteiger partial charge in [-0.15, -0.1) is 0 Å². The number of ether oxygens (including phenoxy) is 1. The number of fused-ring (bicyclic) bond motifs is 1. The molecule has 1 atom stereocenters. The van der Waals surface area contributed by atoms with Gasteiger partial charge in [0.05, 0.1) is 17.9 Å². The van der Waals surface area contributed by atoms with E-state index in [4.69, 9.17) is 4.74 Å². The van der Waals surface area contributed by atoms with Gasteiger partial charge in [-0.3, -0.25) is 14.5 Å². The van der Waals surface area contributed by atoms with Crippen molar-refractivity contribution in [2.75, 3.05) is 11.5 Å². The van der Waals surface area contributed by atoms with Crippen LogP contribution in [0.5, 0.6) is 0 Å². The predicted molar refractivity (Wildman–Crippen MR) is 79.8 cm³/mol. The zero-order valence-electron chi connectivity index (χ0n) is 10.8. The van der Waals surface area contributed by atoms with Gasteiger partial charge in [-0.25, -0.2) is 4.79 Å². The first-order valence-electron chi connectivity index (χ1n) is 5.92. The highest BCUT2D eigenvalue weighted by Crippen LogP contribution is 2.39. The van der Waals surface area contributed by atoms with Crippen molar-refractivity contribution >= 4 is 55.2 Å². The van der Waals surface area contributed by atoms with Gasteiger partial charge in [0.25, 0.3) is 11.7 Å². The lowest BCUT2D eigenvalue weighted by atomic mass is 10.1. The number of carbonyl (C=O) groups is 3. The highest BCUT2D eigenvalue weighted by atomic mass is 79.9. The molecule has 0 fully saturated rings. The number of rotatable bonds is 3. The second-order valence-corrected chi connectivity index (χ2v) is 5.99. The van der Waals surface area contributed by atoms with Crippen molar-refractivity contribution in [1.29, 1.82) is 0 Å². The molecule has 1 unspecified atom stereocenters. The minimum Gasteiger partial charge on any atom is -0.464 e. The Balaban J connectivity index is 2.51. The molecule has 2 rings (SSSR count). The highest BCUT2D eigenvalue weighted by molar-refractivity contribution is 9.11. The fourth-order valence-corrected chi connectivity index (χ4v) is 3.46. The molecule has 1 heterocycles. The van der Waals surface area contributed by atoms with E-state index in [-0.39, 0.29) is 12.2 Å². The summed E-state index contributed by atoms with van der Waals surface area (Å²) in [6.07, 6.45) is 0. The van der Waals surface area contributed by atoms with E-state index in [0.717, 1.165) is 0 Å². The maximum Gasteiger partial charge on any atom is 0.328 e. The average Bonchev–Trinajstić information content (AvgIpc) is 2.63. The van der Waals surface area contributed by atoms with E-state index in [1.165, 1.54) is 11.8 Å². The predicted octanol–water partition coefficient (Wildman–Crippen LogP) is 2.69. The molecule has 5 nitrogen and oxygen atoms in total. The molecule has 0 saturated carbocycles. The van der Waals surface area contributed by atoms with Crippen molar-refractivity contribution in [3.8, 4) is 0 Å². The summed E-state index contributed by atoms with van der Waals surface area (Å²) in [5, 5.41) is 0. The molecule has 1 aliphatic heterocycles. The monoisotopic (exact) mass is 403 g/mol. The van der Waals surface area contributed by atoms with Crippen molar-refractivity contribution in [2.24, 2.45) is 0 Å². The molecular weight excluding hydrogens is 394 g/mol. The molecule has 0 saturated heterocycles. The summed E-state index contributed by atoms with van der Waals surface area (Å²) < 4.78 is 6.15. The van der Waals surface area contributed by atoms with Crippen LogP contribution in [-0.2, 0) is 14.3 Å². The highest BCUT2D eigenvalue weighted by Gasteiger charge is 2.42. The maximum atomic E-state index is 12.1. The maximum absolute atomic E-state index is 12.1. The first-order valence-corrected chi connectivity index (χ1v) is 7.50. The van der Waals surface area contributed by atoms with Gasteiger partial charge in [0.1, 0.15) is 6.04 Å². The van der Waals surface area contributed by atoms with Crippen LogP contribution in [0.25, 0.3) is 0 Å². The number of ketones is 1. The summed E-state index contributed by atoms with van der Waals surface area (Å²) in [5.74, 6) is -1.89. The van der Waals surface area contributed by atoms with E-state index in [2.05, 4.69) is 31.9 Å². The minimum atomic E-state index is -0.856. The smallest absolute Gasteiger partial charge is 0.328 e. The fourth-order valence-electron chi connectivity index (χ4n) is 2.05. The van der Waals surface area contributed by atoms with Crippen LogP contribution in [0.2, 0.25) is 0 Å². The van der Waals surface area contributed by atoms with E-state index >= 15 is 0 Å². The summed E-state index contributed by atoms with van der Waals surface area (Å²) in [5.41, 5.74) is 0.677. The number of Topliss-reactive ketones (excluding diaryl/α,β-unsaturated/α-hetero) is 1. The van der Waals surface area contributed by atoms with Crippen molar-refractivity contribution < 1.29 is 19.1 Å². The fraction of sp³-hybridized carbons (Fsp3) is 0.308. The SMILES string of the molecule is CCOC(=O)C(C)N1C(=O)C(=O)c2cc(Br)cc(Br)c21. The van der Waals surface area contributed by atoms with Crippen molar-refractivity contribution in [1.82, 2.24) is 0 Å². The van der Waals surface area contributed by atoms with E-state index in [9.17, 15) is 14.4 Å². The van der Waals surface area contributed by atoms with E-state index in [1.807, 2.05) is 0 Å². The number of hydrogen-bond acceptors (Lipinski definition) is 4. The standard InChI is InChI=1S/C13H11Br2NO4/c1-3-20-13(19)6(2)16-10-8(11(17)12(16)18)4-7(14)5-9(10)15/h4-6H,3H2,1-2H3. The molecule has 106 valence electrons. The summed E-state index contributed by atoms with van der Waals surface area (Å²) >= 11 is 6.59. The van der Waals surface area contributed by atoms with Gasteiger partial charge in [0.2, 0.25) is 0 Å². The quantitative estimate of drug-likeness (QED) is 0.573. The molecule has 0 aromatic heterocycles. The lowest BCUT2D eigenvalue weighted by Gasteiger charge is -2.23. The van der Waals surface area contributed by atoms with Gasteiger partial charge >= 0.3 is 5.97 Å². The van der Waals surface area contributed by atoms with Gasteiger partial charge in [0.15, 0.2) is 0 Å². The average molecular weight is 405 g/mol. The topological polar surface area (TPSA) is 63.7 Å². The van der Waals surface area contributed by atoms with Gasteiger partial charge in [-0.1, -0.05) is 15.9 Å². The van der Waals surface area contributed by atoms with Gasteiger partial charge in [-0.05, 0) is 41.9 Å². The minimum absolute atomic E-state index is 0.216. The number of esters is 1. The number of benzene rings is 1. The number of anilines is 1. The van der Waals surface area contributed by atoms with Gasteiger partial charge in [-0.2, -0.15) is 0 Å². The Morgan fingerprint density at radius 1 is 1.35 bits per heavy atom. The molecule has 0 spiro atoms. The number of hydrogen-bond donors (Lipinski definition) is 0. The third-order valence-corrected chi connectivity index (χ3v) is 4.00. The summed E-state index contributed by atoms with van der Waals surface area (Å²) in [6.45, 7) is 3.43. The molecule has 1 aliphatic rings. The van der Waals surface area contributed by atoms with Crippen LogP contribution >= 0.6 is 31.9 Å². The lowest BCUT2D eigenvalue weighted by molar-refractivity contribution is -0.145. The molecular formula is C13H11Br2NO4. The van der Waals surface area contributed by atoms with E-state index < -0.39 is 23.7 Å². The Hall–Kier alpha value is -1.21. The summed E-state index contributed by atoms with van der Waals surface area (Å²) in [4.78, 5) is 37.1. The molecule has 0 N–H and O–H groups in total. The first kappa shape index (κ1) is 15.2. The Labute approximate surface area is 132 Å². The van der Waals surface area contributed by atoms with Crippen LogP contribution < -0.4 is 4.90 Å². The first-order chi connectivity index (χ1) is 9.38. The molecule has 20 heavy (non-hydrogen) atoms. The largest absolute Gasteiger partial charge is 0.464 e. The number of amides is 1. The Bertz CT molecular complexity index is 615. The molecule has 1 amide bonds. The van der Waals surface area contributed by atoms with Crippen LogP contribution in [0.3, 0.4) is 0 Å². The number of carbonyl (C=O) groups excluding carboxylic acids is 3. The number of halogens is 2. The lowest BCUT2D eigenvalue weighted by Crippen LogP contribution is -2.43. The third-order valence-electron chi connectivity index (χ3n) is 2.94. The Kier molecular flexibility index (Phi) is 4.29. The summed E-state index contributed by atoms with van der Waals surface area (Å²) in [7, 11) is 0. The molecule has 7 heteroatoms. The van der Waals surface area contributed by atoms with Crippen LogP contribution in [0.15, 0.2) is 21.1 Å². The second-order valence-electron chi connectivity index (χ2n) is 4.22. The zero-order valence-corrected chi connectivity index (χ0v) is 13.9. The second kappa shape index (κ2) is 5.65. The van der Waals surface area contributed by atoms with Crippen molar-refractivity contribution in [3.05, 3.63) is 26.6 Å². The van der Waals surface area contributed by atoms with Crippen LogP contribution in [0.4, 0.5) is 5.69 Å². The van der Waals surface area contributed by atoms with Crippen LogP contribution in [0.1, 0.15) is 24.2 Å². The number of nitrogens with zero attached hydrogens (tertiary/aromatic N) is 1. The molecule has 0 bridgehead atoms. The van der Waals surface area contributed by atoms with Crippen molar-refractivity contribution in [2.45, 2.75) is 19.9 Å². The van der Waals surface area contributed by atoms with E-state index in [1.54, 1.807) is 19.1 Å². The summed E-state index contributed by atoms with van der Waals surface area (Å²) in [6, 6.07) is 2.43. The molecule has 0 radical (unpaired) electrons. The van der Waals surface area contributed by atoms with Gasteiger partial charge in [0, 0.05) is 8.95 Å². The van der Waals surface area contributed by atoms with Crippen LogP contribution in [0, 0.1) is 0 Å². The molecule has 0 aliphatic carbocycles. The third kappa shape index (κ3) is 2.40. The normalized spacial score (nSPS) is 15.3. The van der Waals surface area contributed by atoms with Crippen molar-refractivity contribution in [3.63, 3.8) is 0 Å². The zero-order chi connectivity index (χ0) is 15.0. The molecule has 1 aromatic rings. The Morgan fingerprint density at radius 3 is 2.60 bits per heavy atom. The van der Waals surface area contributed by atoms with Crippen LogP contribution in [-0.4, -0.2) is 30.3 Å². The van der Waals surface area contributed by atoms with E-state index in [0.29, 0.717) is 14.6 Å². The van der Waals surface area contributed by atoms with Gasteiger partial charge < -0.3 is 4.74 Å². The molecule has 1 aromatic carbocycles.